The van der Waals surface area contributed by atoms with Crippen LogP contribution in [-0.2, 0) is 0 Å². The van der Waals surface area contributed by atoms with Crippen molar-refractivity contribution in [1.82, 2.24) is 0 Å². The Labute approximate surface area is 147 Å². The maximum atomic E-state index is 12.3. The zero-order chi connectivity index (χ0) is 18.0. The third-order valence-electron chi connectivity index (χ3n) is 3.81. The zero-order valence-electron chi connectivity index (χ0n) is 13.1. The number of rotatable bonds is 4. The summed E-state index contributed by atoms with van der Waals surface area (Å²) >= 11 is 6.10. The van der Waals surface area contributed by atoms with Crippen LogP contribution in [0.3, 0.4) is 0 Å². The van der Waals surface area contributed by atoms with Crippen LogP contribution in [0, 0.1) is 0 Å². The minimum Gasteiger partial charge on any atom is -0.487 e. The molecule has 0 saturated carbocycles. The first-order valence-electron chi connectivity index (χ1n) is 7.62. The number of ether oxygens (including phenoxy) is 2. The van der Waals surface area contributed by atoms with Crippen molar-refractivity contribution in [3.8, 4) is 11.5 Å². The fourth-order valence-corrected chi connectivity index (χ4v) is 2.96. The predicted molar refractivity (Wildman–Crippen MR) is 90.2 cm³/mol. The van der Waals surface area contributed by atoms with Gasteiger partial charge in [0.15, 0.2) is 0 Å². The van der Waals surface area contributed by atoms with Gasteiger partial charge in [-0.25, -0.2) is 0 Å². The minimum atomic E-state index is -4.71. The standard InChI is InChI=1S/C17H16ClF3N2O2/c18-15-8-11(22)4-5-16(15)24-14-6-7-23(10-14)12-2-1-3-13(9-12)25-17(19,20)21/h1-5,8-9,14H,6-7,10,22H2. The van der Waals surface area contributed by atoms with E-state index in [2.05, 4.69) is 4.74 Å². The van der Waals surface area contributed by atoms with E-state index < -0.39 is 6.36 Å². The number of benzene rings is 2. The largest absolute Gasteiger partial charge is 0.573 e. The van der Waals surface area contributed by atoms with Crippen molar-refractivity contribution in [3.63, 3.8) is 0 Å². The molecule has 1 aliphatic rings. The Bertz CT molecular complexity index is 755. The average Bonchev–Trinajstić information content (AvgIpc) is 2.97. The summed E-state index contributed by atoms with van der Waals surface area (Å²) in [6.45, 7) is 1.20. The van der Waals surface area contributed by atoms with Crippen molar-refractivity contribution in [2.24, 2.45) is 0 Å². The van der Waals surface area contributed by atoms with E-state index in [1.165, 1.54) is 18.2 Å². The molecule has 0 radical (unpaired) electrons. The van der Waals surface area contributed by atoms with Crippen LogP contribution in [0.4, 0.5) is 24.5 Å². The van der Waals surface area contributed by atoms with Gasteiger partial charge in [0.25, 0.3) is 0 Å². The highest BCUT2D eigenvalue weighted by atomic mass is 35.5. The van der Waals surface area contributed by atoms with Crippen LogP contribution < -0.4 is 20.1 Å². The highest BCUT2D eigenvalue weighted by molar-refractivity contribution is 6.32. The second-order valence-corrected chi connectivity index (χ2v) is 6.12. The molecule has 25 heavy (non-hydrogen) atoms. The van der Waals surface area contributed by atoms with Gasteiger partial charge in [0.1, 0.15) is 17.6 Å². The molecule has 3 rings (SSSR count). The summed E-state index contributed by atoms with van der Waals surface area (Å²) in [5.74, 6) is 0.299. The minimum absolute atomic E-state index is 0.117. The third kappa shape index (κ3) is 4.63. The van der Waals surface area contributed by atoms with Crippen molar-refractivity contribution in [3.05, 3.63) is 47.5 Å². The van der Waals surface area contributed by atoms with Crippen LogP contribution in [0.1, 0.15) is 6.42 Å². The molecule has 0 aliphatic carbocycles. The molecule has 0 aromatic heterocycles. The normalized spacial score (nSPS) is 17.6. The Morgan fingerprint density at radius 1 is 1.16 bits per heavy atom. The van der Waals surface area contributed by atoms with Gasteiger partial charge in [-0.3, -0.25) is 0 Å². The monoisotopic (exact) mass is 372 g/mol. The van der Waals surface area contributed by atoms with Crippen molar-refractivity contribution < 1.29 is 22.6 Å². The molecular formula is C17H16ClF3N2O2. The topological polar surface area (TPSA) is 47.7 Å². The Hall–Kier alpha value is -2.28. The molecule has 1 saturated heterocycles. The van der Waals surface area contributed by atoms with Crippen molar-refractivity contribution in [2.45, 2.75) is 18.9 Å². The van der Waals surface area contributed by atoms with Gasteiger partial charge in [-0.1, -0.05) is 17.7 Å². The third-order valence-corrected chi connectivity index (χ3v) is 4.11. The number of anilines is 2. The molecule has 2 aromatic carbocycles. The van der Waals surface area contributed by atoms with Gasteiger partial charge in [0.05, 0.1) is 11.6 Å². The number of nitrogens with two attached hydrogens (primary N) is 1. The SMILES string of the molecule is Nc1ccc(OC2CCN(c3cccc(OC(F)(F)F)c3)C2)c(Cl)c1. The lowest BCUT2D eigenvalue weighted by atomic mass is 10.2. The number of alkyl halides is 3. The van der Waals surface area contributed by atoms with Crippen LogP contribution >= 0.6 is 11.6 Å². The summed E-state index contributed by atoms with van der Waals surface area (Å²) in [6.07, 6.45) is -4.10. The van der Waals surface area contributed by atoms with Gasteiger partial charge in [-0.05, 0) is 30.3 Å². The Morgan fingerprint density at radius 2 is 1.96 bits per heavy atom. The van der Waals surface area contributed by atoms with Gasteiger partial charge in [-0.2, -0.15) is 0 Å². The molecule has 0 amide bonds. The second-order valence-electron chi connectivity index (χ2n) is 5.71. The fraction of sp³-hybridized carbons (Fsp3) is 0.294. The van der Waals surface area contributed by atoms with Crippen LogP contribution in [0.15, 0.2) is 42.5 Å². The lowest BCUT2D eigenvalue weighted by molar-refractivity contribution is -0.274. The smallest absolute Gasteiger partial charge is 0.487 e. The van der Waals surface area contributed by atoms with E-state index >= 15 is 0 Å². The van der Waals surface area contributed by atoms with E-state index in [9.17, 15) is 13.2 Å². The molecule has 4 nitrogen and oxygen atoms in total. The van der Waals surface area contributed by atoms with Crippen LogP contribution in [0.2, 0.25) is 5.02 Å². The summed E-state index contributed by atoms with van der Waals surface area (Å²) in [5, 5.41) is 0.430. The number of hydrogen-bond acceptors (Lipinski definition) is 4. The Balaban J connectivity index is 1.65. The highest BCUT2D eigenvalue weighted by Crippen LogP contribution is 2.31. The number of nitrogens with zero attached hydrogens (tertiary/aromatic N) is 1. The maximum Gasteiger partial charge on any atom is 0.573 e. The first-order chi connectivity index (χ1) is 11.8. The molecule has 2 N–H and O–H groups in total. The van der Waals surface area contributed by atoms with Crippen molar-refractivity contribution in [1.29, 1.82) is 0 Å². The summed E-state index contributed by atoms with van der Waals surface area (Å²) < 4.78 is 46.9. The van der Waals surface area contributed by atoms with Gasteiger partial charge >= 0.3 is 6.36 Å². The molecule has 1 unspecified atom stereocenters. The summed E-state index contributed by atoms with van der Waals surface area (Å²) in [6, 6.07) is 10.9. The van der Waals surface area contributed by atoms with Crippen LogP contribution in [-0.4, -0.2) is 25.6 Å². The first kappa shape index (κ1) is 17.5. The van der Waals surface area contributed by atoms with E-state index in [0.717, 1.165) is 6.42 Å². The molecule has 0 bridgehead atoms. The molecule has 0 spiro atoms. The molecule has 1 heterocycles. The quantitative estimate of drug-likeness (QED) is 0.804. The number of halogens is 4. The van der Waals surface area contributed by atoms with Crippen molar-refractivity contribution in [2.75, 3.05) is 23.7 Å². The molecule has 1 fully saturated rings. The van der Waals surface area contributed by atoms with E-state index in [0.29, 0.717) is 35.2 Å². The number of hydrogen-bond donors (Lipinski definition) is 1. The molecule has 8 heteroatoms. The maximum absolute atomic E-state index is 12.3. The number of nitrogen functional groups attached to an aromatic ring is 1. The van der Waals surface area contributed by atoms with Crippen LogP contribution in [0.25, 0.3) is 0 Å². The summed E-state index contributed by atoms with van der Waals surface area (Å²) in [5.41, 5.74) is 6.85. The van der Waals surface area contributed by atoms with E-state index in [-0.39, 0.29) is 11.9 Å². The fourth-order valence-electron chi connectivity index (χ4n) is 2.73. The zero-order valence-corrected chi connectivity index (χ0v) is 13.8. The van der Waals surface area contributed by atoms with Gasteiger partial charge in [-0.15, -0.1) is 13.2 Å². The highest BCUT2D eigenvalue weighted by Gasteiger charge is 2.31. The summed E-state index contributed by atoms with van der Waals surface area (Å²) in [7, 11) is 0. The van der Waals surface area contributed by atoms with Gasteiger partial charge in [0.2, 0.25) is 0 Å². The van der Waals surface area contributed by atoms with Crippen molar-refractivity contribution >= 4 is 23.0 Å². The lowest BCUT2D eigenvalue weighted by Crippen LogP contribution is -2.24. The molecule has 1 atom stereocenters. The Kier molecular flexibility index (Phi) is 4.85. The van der Waals surface area contributed by atoms with Crippen LogP contribution in [0.5, 0.6) is 11.5 Å². The molecule has 2 aromatic rings. The summed E-state index contributed by atoms with van der Waals surface area (Å²) in [4.78, 5) is 1.94. The van der Waals surface area contributed by atoms with Gasteiger partial charge in [0, 0.05) is 30.4 Å². The first-order valence-corrected chi connectivity index (χ1v) is 8.00. The molecular weight excluding hydrogens is 357 g/mol. The van der Waals surface area contributed by atoms with E-state index in [1.807, 2.05) is 4.90 Å². The molecule has 1 aliphatic heterocycles. The lowest BCUT2D eigenvalue weighted by Gasteiger charge is -2.20. The average molecular weight is 373 g/mol. The second kappa shape index (κ2) is 6.92. The predicted octanol–water partition coefficient (Wildman–Crippen LogP) is 4.48. The van der Waals surface area contributed by atoms with Gasteiger partial charge < -0.3 is 20.1 Å². The Morgan fingerprint density at radius 3 is 2.68 bits per heavy atom. The molecule has 134 valence electrons. The van der Waals surface area contributed by atoms with E-state index in [1.54, 1.807) is 24.3 Å². The van der Waals surface area contributed by atoms with E-state index in [4.69, 9.17) is 22.1 Å².